The maximum absolute atomic E-state index is 11.8. The Morgan fingerprint density at radius 3 is 2.60 bits per heavy atom. The lowest BCUT2D eigenvalue weighted by Gasteiger charge is -2.40. The molecule has 1 heterocycles. The molecule has 0 spiro atoms. The molecule has 1 aliphatic heterocycles. The van der Waals surface area contributed by atoms with Crippen LogP contribution in [0.15, 0.2) is 18.2 Å². The van der Waals surface area contributed by atoms with E-state index in [2.05, 4.69) is 0 Å². The van der Waals surface area contributed by atoms with E-state index in [4.69, 9.17) is 9.47 Å². The molecule has 1 unspecified atom stereocenters. The predicted octanol–water partition coefficient (Wildman–Crippen LogP) is 1.46. The third kappa shape index (κ3) is 3.58. The zero-order valence-corrected chi connectivity index (χ0v) is 14.6. The summed E-state index contributed by atoms with van der Waals surface area (Å²) in [5.41, 5.74) is 1.64. The minimum Gasteiger partial charge on any atom is -0.496 e. The van der Waals surface area contributed by atoms with Gasteiger partial charge in [0.2, 0.25) is 0 Å². The standard InChI is InChI=1S/C19H26O6/c1-10-16(21)17(22)18(23)19(25-10)14-9-12(6-7-15(14)24-2)11-4-3-5-13(20)8-11/h6-7,9-11,16-19,21-23H,3-5,8H2,1-2H3/t10-,11?,16+,17+,18-,19+/m0/s1. The van der Waals surface area contributed by atoms with Gasteiger partial charge < -0.3 is 24.8 Å². The van der Waals surface area contributed by atoms with Crippen LogP contribution in [-0.4, -0.2) is 52.6 Å². The first-order chi connectivity index (χ1) is 11.9. The highest BCUT2D eigenvalue weighted by Crippen LogP contribution is 2.40. The van der Waals surface area contributed by atoms with E-state index in [1.807, 2.05) is 18.2 Å². The lowest BCUT2D eigenvalue weighted by Crippen LogP contribution is -2.53. The van der Waals surface area contributed by atoms with E-state index in [-0.39, 0.29) is 11.7 Å². The molecular weight excluding hydrogens is 324 g/mol. The Labute approximate surface area is 147 Å². The third-order valence-corrected chi connectivity index (χ3v) is 5.37. The van der Waals surface area contributed by atoms with Crippen LogP contribution in [0, 0.1) is 0 Å². The number of hydrogen-bond acceptors (Lipinski definition) is 6. The molecule has 2 aliphatic rings. The lowest BCUT2D eigenvalue weighted by atomic mass is 9.82. The van der Waals surface area contributed by atoms with Crippen LogP contribution in [0.5, 0.6) is 5.75 Å². The second-order valence-electron chi connectivity index (χ2n) is 7.07. The summed E-state index contributed by atoms with van der Waals surface area (Å²) in [5, 5.41) is 30.4. The second kappa shape index (κ2) is 7.41. The van der Waals surface area contributed by atoms with Crippen LogP contribution in [0.4, 0.5) is 0 Å². The highest BCUT2D eigenvalue weighted by atomic mass is 16.5. The van der Waals surface area contributed by atoms with Gasteiger partial charge in [0.1, 0.15) is 35.9 Å². The summed E-state index contributed by atoms with van der Waals surface area (Å²) in [5.74, 6) is 0.972. The minimum absolute atomic E-state index is 0.152. The van der Waals surface area contributed by atoms with Gasteiger partial charge in [-0.15, -0.1) is 0 Å². The Morgan fingerprint density at radius 1 is 1.16 bits per heavy atom. The van der Waals surface area contributed by atoms with Gasteiger partial charge in [0.15, 0.2) is 0 Å². The van der Waals surface area contributed by atoms with E-state index in [9.17, 15) is 20.1 Å². The van der Waals surface area contributed by atoms with E-state index in [1.165, 1.54) is 7.11 Å². The largest absolute Gasteiger partial charge is 0.496 e. The van der Waals surface area contributed by atoms with Crippen molar-refractivity contribution in [1.82, 2.24) is 0 Å². The highest BCUT2D eigenvalue weighted by Gasteiger charge is 2.43. The molecule has 6 heteroatoms. The average Bonchev–Trinajstić information content (AvgIpc) is 2.62. The van der Waals surface area contributed by atoms with Crippen molar-refractivity contribution in [2.45, 2.75) is 69.0 Å². The first-order valence-electron chi connectivity index (χ1n) is 8.81. The molecule has 138 valence electrons. The van der Waals surface area contributed by atoms with Crippen molar-refractivity contribution < 1.29 is 29.6 Å². The summed E-state index contributed by atoms with van der Waals surface area (Å²) in [6.07, 6.45) is -2.12. The van der Waals surface area contributed by atoms with Gasteiger partial charge in [0.25, 0.3) is 0 Å². The summed E-state index contributed by atoms with van der Waals surface area (Å²) in [4.78, 5) is 11.8. The quantitative estimate of drug-likeness (QED) is 0.764. The van der Waals surface area contributed by atoms with Crippen molar-refractivity contribution in [2.75, 3.05) is 7.11 Å². The fourth-order valence-corrected chi connectivity index (χ4v) is 3.85. The van der Waals surface area contributed by atoms with Gasteiger partial charge in [-0.3, -0.25) is 4.79 Å². The van der Waals surface area contributed by atoms with Gasteiger partial charge >= 0.3 is 0 Å². The monoisotopic (exact) mass is 350 g/mol. The molecule has 3 rings (SSSR count). The van der Waals surface area contributed by atoms with Crippen molar-refractivity contribution in [3.63, 3.8) is 0 Å². The number of ether oxygens (including phenoxy) is 2. The first-order valence-corrected chi connectivity index (χ1v) is 8.81. The highest BCUT2D eigenvalue weighted by molar-refractivity contribution is 5.80. The van der Waals surface area contributed by atoms with E-state index in [0.717, 1.165) is 18.4 Å². The smallest absolute Gasteiger partial charge is 0.133 e. The second-order valence-corrected chi connectivity index (χ2v) is 7.07. The fourth-order valence-electron chi connectivity index (χ4n) is 3.85. The molecule has 6 atom stereocenters. The zero-order chi connectivity index (χ0) is 18.1. The number of carbonyl (C=O) groups is 1. The Balaban J connectivity index is 1.93. The van der Waals surface area contributed by atoms with Gasteiger partial charge in [-0.1, -0.05) is 6.07 Å². The van der Waals surface area contributed by atoms with Crippen molar-refractivity contribution in [3.05, 3.63) is 29.3 Å². The molecule has 3 N–H and O–H groups in total. The van der Waals surface area contributed by atoms with Gasteiger partial charge in [0, 0.05) is 18.4 Å². The van der Waals surface area contributed by atoms with Gasteiger partial charge in [0.05, 0.1) is 13.2 Å². The molecule has 0 radical (unpaired) electrons. The van der Waals surface area contributed by atoms with Crippen molar-refractivity contribution in [1.29, 1.82) is 0 Å². The molecule has 1 aromatic rings. The Hall–Kier alpha value is -1.47. The van der Waals surface area contributed by atoms with Crippen LogP contribution in [0.1, 0.15) is 55.8 Å². The summed E-state index contributed by atoms with van der Waals surface area (Å²) >= 11 is 0. The maximum atomic E-state index is 11.8. The van der Waals surface area contributed by atoms with Crippen LogP contribution >= 0.6 is 0 Å². The summed E-state index contributed by atoms with van der Waals surface area (Å²) in [6, 6.07) is 5.64. The molecule has 25 heavy (non-hydrogen) atoms. The summed E-state index contributed by atoms with van der Waals surface area (Å²) in [6.45, 7) is 1.66. The zero-order valence-electron chi connectivity index (χ0n) is 14.6. The Morgan fingerprint density at radius 2 is 1.92 bits per heavy atom. The van der Waals surface area contributed by atoms with Crippen molar-refractivity contribution in [3.8, 4) is 5.75 Å². The number of methoxy groups -OCH3 is 1. The lowest BCUT2D eigenvalue weighted by molar-refractivity contribution is -0.219. The molecular formula is C19H26O6. The van der Waals surface area contributed by atoms with Crippen LogP contribution < -0.4 is 4.74 Å². The normalized spacial score (nSPS) is 36.3. The summed E-state index contributed by atoms with van der Waals surface area (Å²) < 4.78 is 11.2. The molecule has 0 bridgehead atoms. The van der Waals surface area contributed by atoms with Crippen LogP contribution in [0.3, 0.4) is 0 Å². The Kier molecular flexibility index (Phi) is 5.43. The summed E-state index contributed by atoms with van der Waals surface area (Å²) in [7, 11) is 1.53. The maximum Gasteiger partial charge on any atom is 0.133 e. The number of benzene rings is 1. The minimum atomic E-state index is -1.29. The van der Waals surface area contributed by atoms with E-state index >= 15 is 0 Å². The molecule has 0 amide bonds. The molecule has 0 aromatic heterocycles. The van der Waals surface area contributed by atoms with Crippen molar-refractivity contribution >= 4 is 5.78 Å². The molecule has 1 saturated carbocycles. The third-order valence-electron chi connectivity index (χ3n) is 5.37. The molecule has 1 saturated heterocycles. The van der Waals surface area contributed by atoms with Crippen LogP contribution in [0.25, 0.3) is 0 Å². The van der Waals surface area contributed by atoms with Crippen molar-refractivity contribution in [2.24, 2.45) is 0 Å². The first kappa shape index (κ1) is 18.3. The Bertz CT molecular complexity index is 630. The SMILES string of the molecule is COc1ccc(C2CCCC(=O)C2)cc1[C@H]1O[C@@H](C)[C@@H](O)[C@@H](O)[C@@H]1O. The van der Waals surface area contributed by atoms with Gasteiger partial charge in [-0.05, 0) is 43.4 Å². The number of aliphatic hydroxyl groups excluding tert-OH is 3. The van der Waals surface area contributed by atoms with E-state index in [1.54, 1.807) is 6.92 Å². The molecule has 6 nitrogen and oxygen atoms in total. The van der Waals surface area contributed by atoms with Crippen LogP contribution in [0.2, 0.25) is 0 Å². The number of rotatable bonds is 3. The fraction of sp³-hybridized carbons (Fsp3) is 0.632. The molecule has 2 fully saturated rings. The van der Waals surface area contributed by atoms with E-state index in [0.29, 0.717) is 24.2 Å². The average molecular weight is 350 g/mol. The topological polar surface area (TPSA) is 96.2 Å². The molecule has 1 aromatic carbocycles. The number of ketones is 1. The number of hydrogen-bond donors (Lipinski definition) is 3. The number of Topliss-reactive ketones (excluding diaryl/α,β-unsaturated/α-hetero) is 1. The van der Waals surface area contributed by atoms with Gasteiger partial charge in [-0.25, -0.2) is 0 Å². The number of aliphatic hydroxyl groups is 3. The predicted molar refractivity (Wildman–Crippen MR) is 90.5 cm³/mol. The van der Waals surface area contributed by atoms with Gasteiger partial charge in [-0.2, -0.15) is 0 Å². The molecule has 1 aliphatic carbocycles. The number of carbonyl (C=O) groups excluding carboxylic acids is 1. The van der Waals surface area contributed by atoms with E-state index < -0.39 is 30.5 Å². The van der Waals surface area contributed by atoms with Crippen LogP contribution in [-0.2, 0) is 9.53 Å².